The molecule has 0 atom stereocenters. The first-order valence-corrected chi connectivity index (χ1v) is 9.92. The van der Waals surface area contributed by atoms with Crippen LogP contribution >= 0.6 is 38.9 Å². The van der Waals surface area contributed by atoms with Crippen LogP contribution in [0.2, 0.25) is 0 Å². The molecule has 0 fully saturated rings. The standard InChI is InChI=1S/C14H15BrClNO2S2/c1-17(9-13-8-12(15)10-20-13)21(18,19)14-4-2-11(3-5-14)6-7-16/h2-5,8,10H,6-7,9H2,1H3. The quantitative estimate of drug-likeness (QED) is 0.674. The Bertz CT molecular complexity index is 698. The first-order valence-electron chi connectivity index (χ1n) is 6.27. The van der Waals surface area contributed by atoms with Gasteiger partial charge in [0, 0.05) is 34.2 Å². The summed E-state index contributed by atoms with van der Waals surface area (Å²) in [4.78, 5) is 1.30. The zero-order valence-corrected chi connectivity index (χ0v) is 15.4. The maximum absolute atomic E-state index is 12.5. The first kappa shape index (κ1) is 17.0. The minimum Gasteiger partial charge on any atom is -0.207 e. The van der Waals surface area contributed by atoms with Crippen molar-refractivity contribution >= 4 is 48.9 Å². The Hall–Kier alpha value is -0.400. The van der Waals surface area contributed by atoms with Crippen LogP contribution in [0.1, 0.15) is 10.4 Å². The van der Waals surface area contributed by atoms with Crippen LogP contribution in [0.25, 0.3) is 0 Å². The highest BCUT2D eigenvalue weighted by Gasteiger charge is 2.21. The topological polar surface area (TPSA) is 37.4 Å². The van der Waals surface area contributed by atoms with Gasteiger partial charge in [-0.15, -0.1) is 22.9 Å². The van der Waals surface area contributed by atoms with Crippen molar-refractivity contribution in [1.29, 1.82) is 0 Å². The predicted molar refractivity (Wildman–Crippen MR) is 91.5 cm³/mol. The number of nitrogens with zero attached hydrogens (tertiary/aromatic N) is 1. The summed E-state index contributed by atoms with van der Waals surface area (Å²) in [5.41, 5.74) is 1.04. The molecule has 0 amide bonds. The summed E-state index contributed by atoms with van der Waals surface area (Å²) >= 11 is 10.6. The number of alkyl halides is 1. The number of rotatable bonds is 6. The molecule has 2 aromatic rings. The van der Waals surface area contributed by atoms with E-state index in [0.717, 1.165) is 21.3 Å². The smallest absolute Gasteiger partial charge is 0.207 e. The van der Waals surface area contributed by atoms with Crippen LogP contribution in [0.4, 0.5) is 0 Å². The average Bonchev–Trinajstić information content (AvgIpc) is 2.85. The normalized spacial score (nSPS) is 12.0. The molecule has 0 unspecified atom stereocenters. The Kier molecular flexibility index (Phi) is 5.85. The minimum atomic E-state index is -3.47. The van der Waals surface area contributed by atoms with Crippen LogP contribution in [-0.4, -0.2) is 25.7 Å². The lowest BCUT2D eigenvalue weighted by Crippen LogP contribution is -2.26. The second kappa shape index (κ2) is 7.24. The highest BCUT2D eigenvalue weighted by molar-refractivity contribution is 9.10. The van der Waals surface area contributed by atoms with Crippen LogP contribution < -0.4 is 0 Å². The Labute approximate surface area is 142 Å². The van der Waals surface area contributed by atoms with E-state index in [1.165, 1.54) is 15.6 Å². The third-order valence-corrected chi connectivity index (χ3v) is 6.70. The molecule has 1 heterocycles. The Morgan fingerprint density at radius 2 is 1.95 bits per heavy atom. The highest BCUT2D eigenvalue weighted by atomic mass is 79.9. The van der Waals surface area contributed by atoms with Crippen molar-refractivity contribution in [3.63, 3.8) is 0 Å². The Morgan fingerprint density at radius 1 is 1.29 bits per heavy atom. The molecule has 114 valence electrons. The van der Waals surface area contributed by atoms with Crippen molar-refractivity contribution in [3.05, 3.63) is 50.6 Å². The number of halogens is 2. The van der Waals surface area contributed by atoms with Crippen molar-refractivity contribution < 1.29 is 8.42 Å². The molecule has 0 N–H and O–H groups in total. The number of benzene rings is 1. The van der Waals surface area contributed by atoms with Crippen LogP contribution in [-0.2, 0) is 23.0 Å². The van der Waals surface area contributed by atoms with Gasteiger partial charge in [-0.1, -0.05) is 12.1 Å². The highest BCUT2D eigenvalue weighted by Crippen LogP contribution is 2.23. The molecule has 0 aliphatic carbocycles. The molecule has 0 radical (unpaired) electrons. The third-order valence-electron chi connectivity index (χ3n) is 3.01. The third kappa shape index (κ3) is 4.29. The Balaban J connectivity index is 2.16. The molecule has 1 aromatic carbocycles. The molecule has 3 nitrogen and oxygen atoms in total. The van der Waals surface area contributed by atoms with Crippen LogP contribution in [0.15, 0.2) is 45.1 Å². The van der Waals surface area contributed by atoms with Gasteiger partial charge in [-0.2, -0.15) is 4.31 Å². The Morgan fingerprint density at radius 3 is 2.48 bits per heavy atom. The van der Waals surface area contributed by atoms with E-state index in [4.69, 9.17) is 11.6 Å². The molecular weight excluding hydrogens is 394 g/mol. The van der Waals surface area contributed by atoms with Crippen molar-refractivity contribution in [1.82, 2.24) is 4.31 Å². The lowest BCUT2D eigenvalue weighted by Gasteiger charge is -2.16. The maximum atomic E-state index is 12.5. The number of sulfonamides is 1. The van der Waals surface area contributed by atoms with Gasteiger partial charge in [0.05, 0.1) is 4.90 Å². The second-order valence-corrected chi connectivity index (χ2v) is 8.91. The lowest BCUT2D eigenvalue weighted by molar-refractivity contribution is 0.469. The first-order chi connectivity index (χ1) is 9.93. The number of thiophene rings is 1. The zero-order valence-electron chi connectivity index (χ0n) is 11.4. The number of aryl methyl sites for hydroxylation is 1. The van der Waals surface area contributed by atoms with E-state index in [9.17, 15) is 8.42 Å². The molecule has 0 saturated heterocycles. The van der Waals surface area contributed by atoms with Crippen LogP contribution in [0.5, 0.6) is 0 Å². The molecule has 21 heavy (non-hydrogen) atoms. The van der Waals surface area contributed by atoms with E-state index >= 15 is 0 Å². The molecule has 0 aliphatic heterocycles. The molecule has 1 aromatic heterocycles. The van der Waals surface area contributed by atoms with Gasteiger partial charge < -0.3 is 0 Å². The fourth-order valence-electron chi connectivity index (χ4n) is 1.86. The second-order valence-electron chi connectivity index (χ2n) is 4.58. The van der Waals surface area contributed by atoms with Crippen molar-refractivity contribution in [2.24, 2.45) is 0 Å². The van der Waals surface area contributed by atoms with E-state index in [1.54, 1.807) is 19.2 Å². The van der Waals surface area contributed by atoms with Gasteiger partial charge in [0.15, 0.2) is 0 Å². The summed E-state index contributed by atoms with van der Waals surface area (Å²) in [6.45, 7) is 0.363. The average molecular weight is 409 g/mol. The molecule has 0 bridgehead atoms. The lowest BCUT2D eigenvalue weighted by atomic mass is 10.2. The van der Waals surface area contributed by atoms with Crippen LogP contribution in [0.3, 0.4) is 0 Å². The summed E-state index contributed by atoms with van der Waals surface area (Å²) in [6.07, 6.45) is 0.737. The van der Waals surface area contributed by atoms with Gasteiger partial charge in [0.25, 0.3) is 0 Å². The summed E-state index contributed by atoms with van der Waals surface area (Å²) < 4.78 is 27.3. The van der Waals surface area contributed by atoms with E-state index in [0.29, 0.717) is 17.3 Å². The summed E-state index contributed by atoms with van der Waals surface area (Å²) in [5, 5.41) is 1.94. The molecule has 0 spiro atoms. The van der Waals surface area contributed by atoms with E-state index in [2.05, 4.69) is 15.9 Å². The number of hydrogen-bond donors (Lipinski definition) is 0. The zero-order chi connectivity index (χ0) is 15.5. The summed E-state index contributed by atoms with van der Waals surface area (Å²) in [6, 6.07) is 8.83. The molecular formula is C14H15BrClNO2S2. The molecule has 7 heteroatoms. The maximum Gasteiger partial charge on any atom is 0.243 e. The van der Waals surface area contributed by atoms with E-state index in [-0.39, 0.29) is 0 Å². The largest absolute Gasteiger partial charge is 0.243 e. The van der Waals surface area contributed by atoms with Gasteiger partial charge >= 0.3 is 0 Å². The monoisotopic (exact) mass is 407 g/mol. The van der Waals surface area contributed by atoms with E-state index in [1.807, 2.05) is 23.6 Å². The molecule has 2 rings (SSSR count). The SMILES string of the molecule is CN(Cc1cc(Br)cs1)S(=O)(=O)c1ccc(CCCl)cc1. The van der Waals surface area contributed by atoms with Gasteiger partial charge in [0.2, 0.25) is 10.0 Å². The minimum absolute atomic E-state index is 0.305. The molecule has 0 aliphatic rings. The fourth-order valence-corrected chi connectivity index (χ4v) is 4.81. The summed E-state index contributed by atoms with van der Waals surface area (Å²) in [5.74, 6) is 0.527. The predicted octanol–water partition coefficient (Wildman–Crippen LogP) is 4.11. The van der Waals surface area contributed by atoms with E-state index < -0.39 is 10.0 Å². The van der Waals surface area contributed by atoms with Crippen molar-refractivity contribution in [3.8, 4) is 0 Å². The van der Waals surface area contributed by atoms with Gasteiger partial charge in [-0.25, -0.2) is 8.42 Å². The fraction of sp³-hybridized carbons (Fsp3) is 0.286. The van der Waals surface area contributed by atoms with Gasteiger partial charge in [-0.05, 0) is 46.1 Å². The van der Waals surface area contributed by atoms with Crippen LogP contribution in [0, 0.1) is 0 Å². The van der Waals surface area contributed by atoms with Gasteiger partial charge in [-0.3, -0.25) is 0 Å². The summed E-state index contributed by atoms with van der Waals surface area (Å²) in [7, 11) is -1.88. The number of hydrogen-bond acceptors (Lipinski definition) is 3. The molecule has 0 saturated carbocycles. The van der Waals surface area contributed by atoms with Crippen molar-refractivity contribution in [2.75, 3.05) is 12.9 Å². The van der Waals surface area contributed by atoms with Crippen molar-refractivity contribution in [2.45, 2.75) is 17.9 Å². The van der Waals surface area contributed by atoms with Gasteiger partial charge in [0.1, 0.15) is 0 Å².